The maximum atomic E-state index is 11.9. The number of anilines is 1. The summed E-state index contributed by atoms with van der Waals surface area (Å²) in [5.74, 6) is 0.217. The lowest BCUT2D eigenvalue weighted by atomic mass is 10.0. The van der Waals surface area contributed by atoms with Gasteiger partial charge in [0.25, 0.3) is 0 Å². The van der Waals surface area contributed by atoms with Gasteiger partial charge in [0.2, 0.25) is 5.91 Å². The molecule has 1 amide bonds. The molecule has 0 aliphatic rings. The fourth-order valence-electron chi connectivity index (χ4n) is 1.50. The van der Waals surface area contributed by atoms with Crippen LogP contribution in [0, 0.1) is 5.92 Å². The van der Waals surface area contributed by atoms with Crippen molar-refractivity contribution in [2.24, 2.45) is 11.7 Å². The van der Waals surface area contributed by atoms with Crippen LogP contribution in [-0.4, -0.2) is 39.0 Å². The molecule has 1 atom stereocenters. The number of hydrogen-bond donors (Lipinski definition) is 2. The molecule has 0 saturated heterocycles. The van der Waals surface area contributed by atoms with E-state index in [-0.39, 0.29) is 24.2 Å². The Morgan fingerprint density at radius 1 is 1.38 bits per heavy atom. The molecule has 1 aromatic rings. The molecule has 0 unspecified atom stereocenters. The standard InChI is InChI=1S/C14H22N2O4S/c1-10(2)13(15)14(17)16-11-5-4-6-12(9-11)20-7-8-21(3,18)19/h4-6,9-10,13H,7-8,15H2,1-3H3,(H,16,17)/t13-/m0/s1. The van der Waals surface area contributed by atoms with Crippen LogP contribution in [-0.2, 0) is 14.6 Å². The Labute approximate surface area is 125 Å². The van der Waals surface area contributed by atoms with Crippen LogP contribution in [0.15, 0.2) is 24.3 Å². The molecule has 7 heteroatoms. The van der Waals surface area contributed by atoms with Crippen molar-refractivity contribution in [2.75, 3.05) is 23.9 Å². The number of sulfone groups is 1. The molecule has 0 spiro atoms. The van der Waals surface area contributed by atoms with Crippen LogP contribution >= 0.6 is 0 Å². The third kappa shape index (κ3) is 6.59. The van der Waals surface area contributed by atoms with Crippen molar-refractivity contribution in [1.82, 2.24) is 0 Å². The Hall–Kier alpha value is -1.60. The molecule has 0 bridgehead atoms. The van der Waals surface area contributed by atoms with Gasteiger partial charge in [-0.15, -0.1) is 0 Å². The van der Waals surface area contributed by atoms with Gasteiger partial charge in [0.05, 0.1) is 11.8 Å². The van der Waals surface area contributed by atoms with Crippen molar-refractivity contribution in [3.63, 3.8) is 0 Å². The topological polar surface area (TPSA) is 98.5 Å². The molecule has 21 heavy (non-hydrogen) atoms. The molecule has 0 saturated carbocycles. The number of benzene rings is 1. The molecule has 0 radical (unpaired) electrons. The SMILES string of the molecule is CC(C)[C@H](N)C(=O)Nc1cccc(OCCS(C)(=O)=O)c1. The monoisotopic (exact) mass is 314 g/mol. The molecular weight excluding hydrogens is 292 g/mol. The van der Waals surface area contributed by atoms with Gasteiger partial charge in [0.15, 0.2) is 9.84 Å². The highest BCUT2D eigenvalue weighted by Crippen LogP contribution is 2.18. The molecule has 0 aliphatic heterocycles. The van der Waals surface area contributed by atoms with Gasteiger partial charge in [0, 0.05) is 18.0 Å². The summed E-state index contributed by atoms with van der Waals surface area (Å²) in [6.45, 7) is 3.81. The third-order valence-corrected chi connectivity index (χ3v) is 3.75. The van der Waals surface area contributed by atoms with Crippen LogP contribution in [0.5, 0.6) is 5.75 Å². The first-order chi connectivity index (χ1) is 9.69. The molecular formula is C14H22N2O4S. The van der Waals surface area contributed by atoms with E-state index < -0.39 is 15.9 Å². The quantitative estimate of drug-likeness (QED) is 0.783. The molecule has 6 nitrogen and oxygen atoms in total. The number of amides is 1. The fraction of sp³-hybridized carbons (Fsp3) is 0.500. The molecule has 3 N–H and O–H groups in total. The summed E-state index contributed by atoms with van der Waals surface area (Å²) in [5.41, 5.74) is 6.33. The van der Waals surface area contributed by atoms with Crippen LogP contribution < -0.4 is 15.8 Å². The number of carbonyl (C=O) groups is 1. The summed E-state index contributed by atoms with van der Waals surface area (Å²) < 4.78 is 27.4. The van der Waals surface area contributed by atoms with E-state index in [9.17, 15) is 13.2 Å². The smallest absolute Gasteiger partial charge is 0.241 e. The molecule has 0 fully saturated rings. The highest BCUT2D eigenvalue weighted by Gasteiger charge is 2.17. The Morgan fingerprint density at radius 3 is 2.62 bits per heavy atom. The number of rotatable bonds is 7. The maximum absolute atomic E-state index is 11.9. The lowest BCUT2D eigenvalue weighted by Gasteiger charge is -2.15. The van der Waals surface area contributed by atoms with Crippen LogP contribution in [0.2, 0.25) is 0 Å². The van der Waals surface area contributed by atoms with Crippen LogP contribution in [0.1, 0.15) is 13.8 Å². The molecule has 0 heterocycles. The minimum Gasteiger partial charge on any atom is -0.492 e. The molecule has 118 valence electrons. The zero-order valence-electron chi connectivity index (χ0n) is 12.5. The first-order valence-electron chi connectivity index (χ1n) is 6.66. The second kappa shape index (κ2) is 7.42. The second-order valence-electron chi connectivity index (χ2n) is 5.27. The van der Waals surface area contributed by atoms with E-state index in [2.05, 4.69) is 5.32 Å². The largest absolute Gasteiger partial charge is 0.492 e. The summed E-state index contributed by atoms with van der Waals surface area (Å²) in [6.07, 6.45) is 1.15. The van der Waals surface area contributed by atoms with Crippen LogP contribution in [0.25, 0.3) is 0 Å². The minimum absolute atomic E-state index is 0.0409. The van der Waals surface area contributed by atoms with E-state index in [0.29, 0.717) is 11.4 Å². The van der Waals surface area contributed by atoms with E-state index in [4.69, 9.17) is 10.5 Å². The average Bonchev–Trinajstić information content (AvgIpc) is 2.36. The van der Waals surface area contributed by atoms with Crippen molar-refractivity contribution in [3.05, 3.63) is 24.3 Å². The predicted molar refractivity (Wildman–Crippen MR) is 83.1 cm³/mol. The summed E-state index contributed by atoms with van der Waals surface area (Å²) in [4.78, 5) is 11.9. The van der Waals surface area contributed by atoms with Crippen molar-refractivity contribution >= 4 is 21.4 Å². The molecule has 1 rings (SSSR count). The average molecular weight is 314 g/mol. The minimum atomic E-state index is -3.06. The first-order valence-corrected chi connectivity index (χ1v) is 8.72. The van der Waals surface area contributed by atoms with Gasteiger partial charge in [-0.25, -0.2) is 8.42 Å². The summed E-state index contributed by atoms with van der Waals surface area (Å²) >= 11 is 0. The number of nitrogens with two attached hydrogens (primary N) is 1. The zero-order chi connectivity index (χ0) is 16.0. The summed E-state index contributed by atoms with van der Waals surface area (Å²) in [6, 6.07) is 6.17. The number of ether oxygens (including phenoxy) is 1. The van der Waals surface area contributed by atoms with E-state index >= 15 is 0 Å². The van der Waals surface area contributed by atoms with Gasteiger partial charge in [-0.2, -0.15) is 0 Å². The molecule has 0 aromatic heterocycles. The van der Waals surface area contributed by atoms with Gasteiger partial charge in [-0.1, -0.05) is 19.9 Å². The first kappa shape index (κ1) is 17.5. The highest BCUT2D eigenvalue weighted by atomic mass is 32.2. The molecule has 0 aliphatic carbocycles. The van der Waals surface area contributed by atoms with Crippen molar-refractivity contribution in [1.29, 1.82) is 0 Å². The van der Waals surface area contributed by atoms with Crippen molar-refractivity contribution < 1.29 is 17.9 Å². The Bertz CT molecular complexity index is 584. The number of hydrogen-bond acceptors (Lipinski definition) is 5. The van der Waals surface area contributed by atoms with Gasteiger partial charge < -0.3 is 15.8 Å². The third-order valence-electron chi connectivity index (χ3n) is 2.85. The lowest BCUT2D eigenvalue weighted by Crippen LogP contribution is -2.39. The van der Waals surface area contributed by atoms with E-state index in [1.165, 1.54) is 0 Å². The maximum Gasteiger partial charge on any atom is 0.241 e. The van der Waals surface area contributed by atoms with E-state index in [1.807, 2.05) is 13.8 Å². The van der Waals surface area contributed by atoms with Gasteiger partial charge in [-0.05, 0) is 18.1 Å². The highest BCUT2D eigenvalue weighted by molar-refractivity contribution is 7.90. The lowest BCUT2D eigenvalue weighted by molar-refractivity contribution is -0.118. The van der Waals surface area contributed by atoms with Crippen LogP contribution in [0.4, 0.5) is 5.69 Å². The van der Waals surface area contributed by atoms with Gasteiger partial charge in [-0.3, -0.25) is 4.79 Å². The zero-order valence-corrected chi connectivity index (χ0v) is 13.3. The predicted octanol–water partition coefficient (Wildman–Crippen LogP) is 1.03. The Balaban J connectivity index is 2.62. The van der Waals surface area contributed by atoms with Gasteiger partial charge >= 0.3 is 0 Å². The fourth-order valence-corrected chi connectivity index (χ4v) is 1.89. The van der Waals surface area contributed by atoms with Crippen molar-refractivity contribution in [3.8, 4) is 5.75 Å². The van der Waals surface area contributed by atoms with Crippen molar-refractivity contribution in [2.45, 2.75) is 19.9 Å². The Morgan fingerprint density at radius 2 is 2.05 bits per heavy atom. The summed E-state index contributed by atoms with van der Waals surface area (Å²) in [5, 5.41) is 2.71. The normalized spacial score (nSPS) is 13.0. The number of carbonyl (C=O) groups excluding carboxylic acids is 1. The van der Waals surface area contributed by atoms with E-state index in [1.54, 1.807) is 24.3 Å². The number of nitrogens with one attached hydrogen (secondary N) is 1. The van der Waals surface area contributed by atoms with E-state index in [0.717, 1.165) is 6.26 Å². The van der Waals surface area contributed by atoms with Crippen LogP contribution in [0.3, 0.4) is 0 Å². The summed E-state index contributed by atoms with van der Waals surface area (Å²) in [7, 11) is -3.06. The van der Waals surface area contributed by atoms with Gasteiger partial charge in [0.1, 0.15) is 12.4 Å². The second-order valence-corrected chi connectivity index (χ2v) is 7.52. The Kier molecular flexibility index (Phi) is 6.17. The molecule has 1 aromatic carbocycles.